The summed E-state index contributed by atoms with van der Waals surface area (Å²) in [4.78, 5) is 34.5. The van der Waals surface area contributed by atoms with E-state index in [0.717, 1.165) is 30.0 Å². The molecule has 3 heterocycles. The molecule has 2 amide bonds. The fourth-order valence-electron chi connectivity index (χ4n) is 6.76. The summed E-state index contributed by atoms with van der Waals surface area (Å²) >= 11 is 5.67. The summed E-state index contributed by atoms with van der Waals surface area (Å²) < 4.78 is 58.6. The standard InChI is InChI=1S/C32H44F3N5O5S/c1-19-14-24(15-20(2)38(19)29(42)45-30(3,4)5)44-13-12-43-23-10-8-21(9-11-23)40-28(46)39(27(41)31(40,6)7)22-16-25(32(33,34)35)26(17-36)37-18-22/h16,18-21,23-24H,8-15H2,1-7H3/t19-,20+,21-,23-,24?. The van der Waals surface area contributed by atoms with Crippen LogP contribution in [0.3, 0.4) is 0 Å². The number of carbonyl (C=O) groups excluding carboxylic acids is 2. The van der Waals surface area contributed by atoms with E-state index in [0.29, 0.717) is 38.9 Å². The Morgan fingerprint density at radius 1 is 1.07 bits per heavy atom. The Hall–Kier alpha value is -3.02. The van der Waals surface area contributed by atoms with E-state index in [4.69, 9.17) is 31.7 Å². The summed E-state index contributed by atoms with van der Waals surface area (Å²) in [5.74, 6) is -0.451. The predicted octanol–water partition coefficient (Wildman–Crippen LogP) is 6.21. The third-order valence-electron chi connectivity index (χ3n) is 8.83. The number of carbonyl (C=O) groups is 2. The molecule has 0 aromatic carbocycles. The highest BCUT2D eigenvalue weighted by Crippen LogP contribution is 2.40. The summed E-state index contributed by atoms with van der Waals surface area (Å²) in [6.45, 7) is 13.9. The predicted molar refractivity (Wildman–Crippen MR) is 168 cm³/mol. The molecule has 1 aromatic heterocycles. The van der Waals surface area contributed by atoms with E-state index in [1.165, 1.54) is 6.07 Å². The second-order valence-corrected chi connectivity index (χ2v) is 14.3. The molecule has 0 spiro atoms. The zero-order valence-electron chi connectivity index (χ0n) is 27.5. The molecule has 3 fully saturated rings. The molecule has 2 saturated heterocycles. The molecular formula is C32H44F3N5O5S. The smallest absolute Gasteiger partial charge is 0.419 e. The second kappa shape index (κ2) is 13.6. The molecule has 1 aliphatic carbocycles. The maximum atomic E-state index is 13.6. The molecule has 3 atom stereocenters. The number of hydrogen-bond acceptors (Lipinski definition) is 8. The van der Waals surface area contributed by atoms with Gasteiger partial charge in [-0.3, -0.25) is 9.69 Å². The number of thiocarbonyl (C=S) groups is 1. The maximum absolute atomic E-state index is 13.6. The van der Waals surface area contributed by atoms with Gasteiger partial charge in [0.2, 0.25) is 0 Å². The second-order valence-electron chi connectivity index (χ2n) is 13.9. The van der Waals surface area contributed by atoms with E-state index < -0.39 is 34.5 Å². The third-order valence-corrected chi connectivity index (χ3v) is 9.21. The molecule has 1 aromatic rings. The van der Waals surface area contributed by atoms with Crippen LogP contribution in [0.5, 0.6) is 0 Å². The van der Waals surface area contributed by atoms with Crippen LogP contribution in [0.1, 0.15) is 98.2 Å². The number of piperidine rings is 1. The lowest BCUT2D eigenvalue weighted by Crippen LogP contribution is -2.53. The third kappa shape index (κ3) is 7.74. The van der Waals surface area contributed by atoms with Crippen molar-refractivity contribution in [3.63, 3.8) is 0 Å². The van der Waals surface area contributed by atoms with Crippen LogP contribution >= 0.6 is 12.2 Å². The minimum absolute atomic E-state index is 0.00914. The summed E-state index contributed by atoms with van der Waals surface area (Å²) in [6.07, 6.45) is 0.250. The number of ether oxygens (including phenoxy) is 3. The van der Waals surface area contributed by atoms with E-state index in [9.17, 15) is 22.8 Å². The number of aromatic nitrogens is 1. The highest BCUT2D eigenvalue weighted by Gasteiger charge is 2.53. The summed E-state index contributed by atoms with van der Waals surface area (Å²) in [5, 5.41) is 9.22. The fraction of sp³-hybridized carbons (Fsp3) is 0.719. The number of nitrogens with zero attached hydrogens (tertiary/aromatic N) is 5. The Kier molecular flexibility index (Phi) is 10.6. The average Bonchev–Trinajstić information content (AvgIpc) is 3.12. The first-order valence-corrected chi connectivity index (χ1v) is 16.2. The molecule has 1 saturated carbocycles. The van der Waals surface area contributed by atoms with Gasteiger partial charge in [0, 0.05) is 18.1 Å². The summed E-state index contributed by atoms with van der Waals surface area (Å²) in [7, 11) is 0. The van der Waals surface area contributed by atoms with E-state index in [1.54, 1.807) is 18.7 Å². The van der Waals surface area contributed by atoms with Crippen molar-refractivity contribution in [2.45, 2.75) is 135 Å². The Morgan fingerprint density at radius 3 is 2.15 bits per heavy atom. The van der Waals surface area contributed by atoms with E-state index in [1.807, 2.05) is 39.5 Å². The average molecular weight is 668 g/mol. The number of likely N-dealkylation sites (tertiary alicyclic amines) is 1. The number of nitriles is 1. The minimum atomic E-state index is -4.81. The first kappa shape index (κ1) is 35.8. The van der Waals surface area contributed by atoms with Gasteiger partial charge in [0.25, 0.3) is 5.91 Å². The van der Waals surface area contributed by atoms with Gasteiger partial charge in [-0.2, -0.15) is 18.4 Å². The van der Waals surface area contributed by atoms with Crippen LogP contribution in [0.25, 0.3) is 0 Å². The normalized spacial score (nSPS) is 27.2. The van der Waals surface area contributed by atoms with Gasteiger partial charge in [-0.05, 0) is 105 Å². The Bertz CT molecular complexity index is 1340. The highest BCUT2D eigenvalue weighted by atomic mass is 32.1. The number of anilines is 1. The van der Waals surface area contributed by atoms with Crippen LogP contribution in [0.2, 0.25) is 0 Å². The summed E-state index contributed by atoms with van der Waals surface area (Å²) in [6, 6.07) is 2.10. The van der Waals surface area contributed by atoms with Crippen molar-refractivity contribution in [3.8, 4) is 6.07 Å². The fourth-order valence-corrected chi connectivity index (χ4v) is 7.33. The molecule has 4 rings (SSSR count). The minimum Gasteiger partial charge on any atom is -0.444 e. The Labute approximate surface area is 274 Å². The van der Waals surface area contributed by atoms with Crippen LogP contribution < -0.4 is 4.90 Å². The van der Waals surface area contributed by atoms with Crippen LogP contribution in [-0.4, -0.2) is 86.6 Å². The molecular weight excluding hydrogens is 623 g/mol. The molecule has 2 aliphatic heterocycles. The number of alkyl halides is 3. The van der Waals surface area contributed by atoms with Crippen LogP contribution in [0.15, 0.2) is 12.3 Å². The quantitative estimate of drug-likeness (QED) is 0.248. The van der Waals surface area contributed by atoms with Crippen molar-refractivity contribution in [1.82, 2.24) is 14.8 Å². The lowest BCUT2D eigenvalue weighted by molar-refractivity contribution is -0.138. The molecule has 1 unspecified atom stereocenters. The van der Waals surface area contributed by atoms with Crippen LogP contribution in [0.4, 0.5) is 23.7 Å². The van der Waals surface area contributed by atoms with Crippen LogP contribution in [-0.2, 0) is 25.2 Å². The van der Waals surface area contributed by atoms with Crippen molar-refractivity contribution in [1.29, 1.82) is 5.26 Å². The van der Waals surface area contributed by atoms with Gasteiger partial charge < -0.3 is 24.0 Å². The lowest BCUT2D eigenvalue weighted by Gasteiger charge is -2.42. The monoisotopic (exact) mass is 667 g/mol. The van der Waals surface area contributed by atoms with Gasteiger partial charge in [-0.25, -0.2) is 9.78 Å². The molecule has 46 heavy (non-hydrogen) atoms. The number of rotatable bonds is 7. The number of pyridine rings is 1. The highest BCUT2D eigenvalue weighted by molar-refractivity contribution is 7.80. The van der Waals surface area contributed by atoms with E-state index in [2.05, 4.69) is 4.98 Å². The summed E-state index contributed by atoms with van der Waals surface area (Å²) in [5.41, 5.74) is -3.73. The maximum Gasteiger partial charge on any atom is 0.419 e. The number of halogens is 3. The lowest BCUT2D eigenvalue weighted by atomic mass is 9.89. The van der Waals surface area contributed by atoms with Gasteiger partial charge in [0.1, 0.15) is 17.2 Å². The first-order chi connectivity index (χ1) is 21.3. The van der Waals surface area contributed by atoms with E-state index in [-0.39, 0.29) is 47.2 Å². The number of hydrogen-bond donors (Lipinski definition) is 0. The van der Waals surface area contributed by atoms with Crippen molar-refractivity contribution in [2.24, 2.45) is 0 Å². The largest absolute Gasteiger partial charge is 0.444 e. The van der Waals surface area contributed by atoms with Crippen molar-refractivity contribution >= 4 is 35.0 Å². The van der Waals surface area contributed by atoms with Crippen molar-refractivity contribution in [3.05, 3.63) is 23.5 Å². The first-order valence-electron chi connectivity index (χ1n) is 15.7. The number of amides is 2. The molecule has 14 heteroatoms. The molecule has 0 N–H and O–H groups in total. The molecule has 3 aliphatic rings. The van der Waals surface area contributed by atoms with Crippen LogP contribution in [0, 0.1) is 11.3 Å². The molecule has 0 bridgehead atoms. The molecule has 254 valence electrons. The Balaban J connectivity index is 1.27. The topological polar surface area (TPSA) is 108 Å². The zero-order valence-corrected chi connectivity index (χ0v) is 28.3. The van der Waals surface area contributed by atoms with E-state index >= 15 is 0 Å². The van der Waals surface area contributed by atoms with Gasteiger partial charge in [-0.1, -0.05) is 0 Å². The Morgan fingerprint density at radius 2 is 1.63 bits per heavy atom. The van der Waals surface area contributed by atoms with Crippen molar-refractivity contribution < 1.29 is 37.0 Å². The van der Waals surface area contributed by atoms with Gasteiger partial charge >= 0.3 is 12.3 Å². The van der Waals surface area contributed by atoms with Crippen molar-refractivity contribution in [2.75, 3.05) is 18.1 Å². The van der Waals surface area contributed by atoms with Gasteiger partial charge in [0.05, 0.1) is 42.9 Å². The molecule has 0 radical (unpaired) electrons. The van der Waals surface area contributed by atoms with Gasteiger partial charge in [0.15, 0.2) is 10.8 Å². The molecule has 10 nitrogen and oxygen atoms in total. The SMILES string of the molecule is C[C@@H]1CC(OCCO[C@H]2CC[C@H](N3C(=S)N(c4cnc(C#N)c(C(F)(F)F)c4)C(=O)C3(C)C)CC2)C[C@H](C)N1C(=O)OC(C)(C)C. The zero-order chi connectivity index (χ0) is 34.2. The van der Waals surface area contributed by atoms with Gasteiger partial charge in [-0.15, -0.1) is 0 Å².